The molecule has 7 heteroatoms. The van der Waals surface area contributed by atoms with Gasteiger partial charge in [-0.25, -0.2) is 4.39 Å². The van der Waals surface area contributed by atoms with E-state index in [2.05, 4.69) is 5.16 Å². The molecule has 0 spiro atoms. The molecule has 0 saturated heterocycles. The molecule has 0 aliphatic carbocycles. The molecule has 0 heterocycles. The van der Waals surface area contributed by atoms with Gasteiger partial charge in [-0.05, 0) is 24.3 Å². The molecule has 0 amide bonds. The van der Waals surface area contributed by atoms with Crippen molar-refractivity contribution in [2.45, 2.75) is 0 Å². The molecule has 0 atom stereocenters. The second-order valence-electron chi connectivity index (χ2n) is 3.78. The Bertz CT molecular complexity index is 677. The van der Waals surface area contributed by atoms with Crippen LogP contribution in [0.15, 0.2) is 41.6 Å². The summed E-state index contributed by atoms with van der Waals surface area (Å²) < 4.78 is 19.3. The molecular formula is C13H9Cl2FN2O2. The maximum absolute atomic E-state index is 13.8. The first-order chi connectivity index (χ1) is 9.52. The van der Waals surface area contributed by atoms with E-state index in [4.69, 9.17) is 38.9 Å². The van der Waals surface area contributed by atoms with Crippen LogP contribution in [-0.2, 0) is 0 Å². The summed E-state index contributed by atoms with van der Waals surface area (Å²) in [6, 6.07) is 8.67. The Morgan fingerprint density at radius 3 is 2.65 bits per heavy atom. The van der Waals surface area contributed by atoms with Crippen molar-refractivity contribution >= 4 is 29.0 Å². The standard InChI is InChI=1S/C13H9Cl2FN2O2/c14-7-4-5-8(15)11(6-7)20-10-3-1-2-9(16)12(10)13(17)18-19/h1-6,19H,(H2,17,18). The summed E-state index contributed by atoms with van der Waals surface area (Å²) >= 11 is 11.8. The Hall–Kier alpha value is -1.98. The minimum absolute atomic E-state index is 0.0597. The fraction of sp³-hybridized carbons (Fsp3) is 0. The second kappa shape index (κ2) is 5.98. The molecule has 104 valence electrons. The molecule has 2 rings (SSSR count). The number of hydrogen-bond donors (Lipinski definition) is 2. The minimum Gasteiger partial charge on any atom is -0.455 e. The molecule has 0 aliphatic rings. The summed E-state index contributed by atoms with van der Waals surface area (Å²) in [5.74, 6) is -0.798. The van der Waals surface area contributed by atoms with E-state index in [1.807, 2.05) is 0 Å². The van der Waals surface area contributed by atoms with Crippen molar-refractivity contribution < 1.29 is 14.3 Å². The molecule has 2 aromatic carbocycles. The monoisotopic (exact) mass is 314 g/mol. The van der Waals surface area contributed by atoms with E-state index in [1.165, 1.54) is 24.3 Å². The van der Waals surface area contributed by atoms with Gasteiger partial charge in [0.15, 0.2) is 5.84 Å². The van der Waals surface area contributed by atoms with Crippen molar-refractivity contribution in [2.75, 3.05) is 0 Å². The average Bonchev–Trinajstić information content (AvgIpc) is 2.42. The maximum Gasteiger partial charge on any atom is 0.176 e. The van der Waals surface area contributed by atoms with Crippen LogP contribution in [0.4, 0.5) is 4.39 Å². The summed E-state index contributed by atoms with van der Waals surface area (Å²) in [5, 5.41) is 12.2. The Kier molecular flexibility index (Phi) is 4.32. The first kappa shape index (κ1) is 14.4. The maximum atomic E-state index is 13.8. The highest BCUT2D eigenvalue weighted by Gasteiger charge is 2.16. The molecule has 0 fully saturated rings. The van der Waals surface area contributed by atoms with Gasteiger partial charge in [0, 0.05) is 11.1 Å². The zero-order chi connectivity index (χ0) is 14.7. The smallest absolute Gasteiger partial charge is 0.176 e. The number of ether oxygens (including phenoxy) is 1. The summed E-state index contributed by atoms with van der Waals surface area (Å²) in [6.07, 6.45) is 0. The van der Waals surface area contributed by atoms with Gasteiger partial charge in [-0.3, -0.25) is 0 Å². The lowest BCUT2D eigenvalue weighted by molar-refractivity contribution is 0.318. The van der Waals surface area contributed by atoms with Crippen LogP contribution in [-0.4, -0.2) is 11.0 Å². The fourth-order valence-electron chi connectivity index (χ4n) is 1.56. The van der Waals surface area contributed by atoms with Crippen LogP contribution < -0.4 is 10.5 Å². The number of benzene rings is 2. The lowest BCUT2D eigenvalue weighted by Gasteiger charge is -2.12. The van der Waals surface area contributed by atoms with Gasteiger partial charge < -0.3 is 15.7 Å². The molecule has 2 aromatic rings. The fourth-order valence-corrected chi connectivity index (χ4v) is 1.88. The Morgan fingerprint density at radius 2 is 1.95 bits per heavy atom. The van der Waals surface area contributed by atoms with Crippen LogP contribution in [0.3, 0.4) is 0 Å². The third-order valence-corrected chi connectivity index (χ3v) is 3.00. The highest BCUT2D eigenvalue weighted by molar-refractivity contribution is 6.34. The lowest BCUT2D eigenvalue weighted by atomic mass is 10.1. The number of nitrogens with two attached hydrogens (primary N) is 1. The van der Waals surface area contributed by atoms with Crippen LogP contribution in [0, 0.1) is 5.82 Å². The van der Waals surface area contributed by atoms with Crippen LogP contribution in [0.5, 0.6) is 11.5 Å². The van der Waals surface area contributed by atoms with Crippen LogP contribution in [0.2, 0.25) is 10.0 Å². The minimum atomic E-state index is -0.684. The van der Waals surface area contributed by atoms with Gasteiger partial charge in [0.1, 0.15) is 17.3 Å². The van der Waals surface area contributed by atoms with E-state index >= 15 is 0 Å². The van der Waals surface area contributed by atoms with Gasteiger partial charge in [0.2, 0.25) is 0 Å². The Balaban J connectivity index is 2.49. The van der Waals surface area contributed by atoms with Crippen molar-refractivity contribution in [2.24, 2.45) is 10.9 Å². The lowest BCUT2D eigenvalue weighted by Crippen LogP contribution is -2.16. The van der Waals surface area contributed by atoms with E-state index in [0.717, 1.165) is 0 Å². The van der Waals surface area contributed by atoms with Crippen LogP contribution in [0.25, 0.3) is 0 Å². The number of halogens is 3. The van der Waals surface area contributed by atoms with Gasteiger partial charge >= 0.3 is 0 Å². The zero-order valence-corrected chi connectivity index (χ0v) is 11.5. The SMILES string of the molecule is NC(=NO)c1c(F)cccc1Oc1cc(Cl)ccc1Cl. The topological polar surface area (TPSA) is 67.8 Å². The Morgan fingerprint density at radius 1 is 1.20 bits per heavy atom. The summed E-state index contributed by atoms with van der Waals surface area (Å²) in [5.41, 5.74) is 5.28. The molecular weight excluding hydrogens is 306 g/mol. The predicted octanol–water partition coefficient (Wildman–Crippen LogP) is 4.02. The van der Waals surface area contributed by atoms with E-state index in [-0.39, 0.29) is 17.1 Å². The molecule has 0 saturated carbocycles. The van der Waals surface area contributed by atoms with Crippen molar-refractivity contribution in [3.63, 3.8) is 0 Å². The van der Waals surface area contributed by atoms with Gasteiger partial charge in [0.05, 0.1) is 10.6 Å². The predicted molar refractivity (Wildman–Crippen MR) is 75.4 cm³/mol. The Labute approximate surface area is 124 Å². The molecule has 0 bridgehead atoms. The largest absolute Gasteiger partial charge is 0.455 e. The average molecular weight is 315 g/mol. The van der Waals surface area contributed by atoms with Crippen molar-refractivity contribution in [1.29, 1.82) is 0 Å². The molecule has 3 N–H and O–H groups in total. The van der Waals surface area contributed by atoms with E-state index in [9.17, 15) is 4.39 Å². The van der Waals surface area contributed by atoms with Gasteiger partial charge in [0.25, 0.3) is 0 Å². The number of oxime groups is 1. The number of rotatable bonds is 3. The summed E-state index contributed by atoms with van der Waals surface area (Å²) in [6.45, 7) is 0. The van der Waals surface area contributed by atoms with Crippen LogP contribution >= 0.6 is 23.2 Å². The van der Waals surface area contributed by atoms with E-state index in [1.54, 1.807) is 12.1 Å². The number of amidine groups is 1. The van der Waals surface area contributed by atoms with Crippen LogP contribution in [0.1, 0.15) is 5.56 Å². The molecule has 0 radical (unpaired) electrons. The van der Waals surface area contributed by atoms with Crippen molar-refractivity contribution in [3.8, 4) is 11.5 Å². The first-order valence-corrected chi connectivity index (χ1v) is 6.18. The van der Waals surface area contributed by atoms with Crippen molar-refractivity contribution in [3.05, 3.63) is 57.8 Å². The van der Waals surface area contributed by atoms with E-state index in [0.29, 0.717) is 10.0 Å². The molecule has 4 nitrogen and oxygen atoms in total. The summed E-state index contributed by atoms with van der Waals surface area (Å²) in [7, 11) is 0. The molecule has 0 aromatic heterocycles. The highest BCUT2D eigenvalue weighted by atomic mass is 35.5. The quantitative estimate of drug-likeness (QED) is 0.389. The molecule has 20 heavy (non-hydrogen) atoms. The first-order valence-electron chi connectivity index (χ1n) is 5.42. The van der Waals surface area contributed by atoms with Gasteiger partial charge in [-0.2, -0.15) is 0 Å². The third-order valence-electron chi connectivity index (χ3n) is 2.45. The van der Waals surface area contributed by atoms with Gasteiger partial charge in [-0.15, -0.1) is 0 Å². The van der Waals surface area contributed by atoms with Gasteiger partial charge in [-0.1, -0.05) is 34.4 Å². The number of hydrogen-bond acceptors (Lipinski definition) is 3. The number of nitrogens with zero attached hydrogens (tertiary/aromatic N) is 1. The zero-order valence-electron chi connectivity index (χ0n) is 9.98. The molecule has 0 unspecified atom stereocenters. The van der Waals surface area contributed by atoms with Crippen molar-refractivity contribution in [1.82, 2.24) is 0 Å². The normalized spacial score (nSPS) is 11.4. The van der Waals surface area contributed by atoms with E-state index < -0.39 is 11.7 Å². The summed E-state index contributed by atoms with van der Waals surface area (Å²) in [4.78, 5) is 0. The molecule has 0 aliphatic heterocycles. The second-order valence-corrected chi connectivity index (χ2v) is 4.62. The highest BCUT2D eigenvalue weighted by Crippen LogP contribution is 2.34. The third kappa shape index (κ3) is 2.95.